The first kappa shape index (κ1) is 12.9. The molecule has 1 fully saturated rings. The molecule has 0 heterocycles. The molecule has 0 amide bonds. The third-order valence-electron chi connectivity index (χ3n) is 3.30. The number of aliphatic hydroxyl groups is 1. The van der Waals surface area contributed by atoms with Crippen LogP contribution in [-0.2, 0) is 6.54 Å². The van der Waals surface area contributed by atoms with Crippen molar-refractivity contribution in [2.24, 2.45) is 5.92 Å². The van der Waals surface area contributed by atoms with Gasteiger partial charge in [0, 0.05) is 16.6 Å². The van der Waals surface area contributed by atoms with Gasteiger partial charge in [0.1, 0.15) is 5.75 Å². The lowest BCUT2D eigenvalue weighted by Crippen LogP contribution is -2.21. The lowest BCUT2D eigenvalue weighted by molar-refractivity contribution is 0.177. The fourth-order valence-electron chi connectivity index (χ4n) is 2.34. The Hall–Kier alpha value is -0.580. The molecule has 0 bridgehead atoms. The molecule has 3 nitrogen and oxygen atoms in total. The van der Waals surface area contributed by atoms with Crippen LogP contribution in [0.3, 0.4) is 0 Å². The summed E-state index contributed by atoms with van der Waals surface area (Å²) in [7, 11) is 0. The van der Waals surface area contributed by atoms with Crippen molar-refractivity contribution in [3.63, 3.8) is 0 Å². The number of rotatable bonds is 4. The molecule has 2 rings (SSSR count). The molecule has 0 aliphatic heterocycles. The van der Waals surface area contributed by atoms with Gasteiger partial charge in [-0.1, -0.05) is 15.9 Å². The highest BCUT2D eigenvalue weighted by Crippen LogP contribution is 2.25. The third-order valence-corrected chi connectivity index (χ3v) is 3.80. The second-order valence-corrected chi connectivity index (χ2v) is 5.65. The summed E-state index contributed by atoms with van der Waals surface area (Å²) < 4.78 is 0.975. The van der Waals surface area contributed by atoms with Gasteiger partial charge in [0.05, 0.1) is 6.10 Å². The van der Waals surface area contributed by atoms with Crippen molar-refractivity contribution >= 4 is 15.9 Å². The van der Waals surface area contributed by atoms with Gasteiger partial charge in [-0.2, -0.15) is 0 Å². The standard InChI is InChI=1S/C13H18BrNO2/c14-11-2-4-13(17)10(6-11)8-15-7-9-1-3-12(16)5-9/h2,4,6,9,12,15-17H,1,3,5,7-8H2. The van der Waals surface area contributed by atoms with E-state index in [-0.39, 0.29) is 6.10 Å². The van der Waals surface area contributed by atoms with Crippen LogP contribution in [0.25, 0.3) is 0 Å². The minimum absolute atomic E-state index is 0.110. The number of nitrogens with one attached hydrogen (secondary N) is 1. The van der Waals surface area contributed by atoms with Crippen molar-refractivity contribution in [2.45, 2.75) is 31.9 Å². The zero-order valence-corrected chi connectivity index (χ0v) is 11.3. The highest BCUT2D eigenvalue weighted by molar-refractivity contribution is 9.10. The SMILES string of the molecule is Oc1ccc(Br)cc1CNCC1CCC(O)C1. The predicted octanol–water partition coefficient (Wildman–Crippen LogP) is 2.41. The Morgan fingerprint density at radius 3 is 2.88 bits per heavy atom. The van der Waals surface area contributed by atoms with E-state index in [1.54, 1.807) is 6.07 Å². The minimum Gasteiger partial charge on any atom is -0.508 e. The zero-order valence-electron chi connectivity index (χ0n) is 9.69. The molecule has 94 valence electrons. The molecule has 0 saturated heterocycles. The van der Waals surface area contributed by atoms with Gasteiger partial charge < -0.3 is 15.5 Å². The van der Waals surface area contributed by atoms with Crippen molar-refractivity contribution in [2.75, 3.05) is 6.54 Å². The molecule has 2 unspecified atom stereocenters. The van der Waals surface area contributed by atoms with E-state index in [4.69, 9.17) is 0 Å². The number of aliphatic hydroxyl groups excluding tert-OH is 1. The molecule has 1 aliphatic carbocycles. The number of aromatic hydroxyl groups is 1. The molecule has 1 saturated carbocycles. The molecule has 2 atom stereocenters. The summed E-state index contributed by atoms with van der Waals surface area (Å²) in [5, 5.41) is 22.4. The highest BCUT2D eigenvalue weighted by atomic mass is 79.9. The number of halogens is 1. The molecule has 17 heavy (non-hydrogen) atoms. The molecule has 1 aromatic carbocycles. The first-order valence-electron chi connectivity index (χ1n) is 6.01. The molecule has 1 aromatic rings. The van der Waals surface area contributed by atoms with E-state index >= 15 is 0 Å². The number of phenols is 1. The Kier molecular flexibility index (Phi) is 4.42. The lowest BCUT2D eigenvalue weighted by Gasteiger charge is -2.11. The molecule has 4 heteroatoms. The Morgan fingerprint density at radius 2 is 2.18 bits per heavy atom. The average molecular weight is 300 g/mol. The summed E-state index contributed by atoms with van der Waals surface area (Å²) in [4.78, 5) is 0. The molecular formula is C13H18BrNO2. The lowest BCUT2D eigenvalue weighted by atomic mass is 10.1. The largest absolute Gasteiger partial charge is 0.508 e. The summed E-state index contributed by atoms with van der Waals surface area (Å²) in [6.07, 6.45) is 2.81. The molecule has 0 radical (unpaired) electrons. The maximum absolute atomic E-state index is 9.67. The minimum atomic E-state index is -0.110. The van der Waals surface area contributed by atoms with Crippen LogP contribution in [0.15, 0.2) is 22.7 Å². The van der Waals surface area contributed by atoms with Crippen LogP contribution in [0.4, 0.5) is 0 Å². The van der Waals surface area contributed by atoms with Crippen LogP contribution in [0.1, 0.15) is 24.8 Å². The van der Waals surface area contributed by atoms with E-state index in [2.05, 4.69) is 21.2 Å². The van der Waals surface area contributed by atoms with E-state index in [9.17, 15) is 10.2 Å². The van der Waals surface area contributed by atoms with Crippen LogP contribution in [-0.4, -0.2) is 22.9 Å². The number of benzene rings is 1. The fourth-order valence-corrected chi connectivity index (χ4v) is 2.75. The Morgan fingerprint density at radius 1 is 1.35 bits per heavy atom. The number of hydrogen-bond acceptors (Lipinski definition) is 3. The summed E-state index contributed by atoms with van der Waals surface area (Å²) in [5.41, 5.74) is 0.901. The quantitative estimate of drug-likeness (QED) is 0.800. The summed E-state index contributed by atoms with van der Waals surface area (Å²) in [5.74, 6) is 0.895. The van der Waals surface area contributed by atoms with Gasteiger partial charge in [0.2, 0.25) is 0 Å². The topological polar surface area (TPSA) is 52.5 Å². The van der Waals surface area contributed by atoms with Gasteiger partial charge in [0.15, 0.2) is 0 Å². The summed E-state index contributed by atoms with van der Waals surface area (Å²) >= 11 is 3.39. The van der Waals surface area contributed by atoms with Crippen molar-refractivity contribution in [1.82, 2.24) is 5.32 Å². The van der Waals surface area contributed by atoms with Gasteiger partial charge in [-0.15, -0.1) is 0 Å². The van der Waals surface area contributed by atoms with Crippen molar-refractivity contribution in [3.05, 3.63) is 28.2 Å². The average Bonchev–Trinajstić information content (AvgIpc) is 2.69. The fraction of sp³-hybridized carbons (Fsp3) is 0.538. The molecule has 0 spiro atoms. The number of phenolic OH excluding ortho intramolecular Hbond substituents is 1. The van der Waals surface area contributed by atoms with Gasteiger partial charge in [-0.3, -0.25) is 0 Å². The van der Waals surface area contributed by atoms with Crippen LogP contribution < -0.4 is 5.32 Å². The normalized spacial score (nSPS) is 24.1. The maximum atomic E-state index is 9.67. The monoisotopic (exact) mass is 299 g/mol. The predicted molar refractivity (Wildman–Crippen MR) is 70.9 cm³/mol. The van der Waals surface area contributed by atoms with Gasteiger partial charge in [0.25, 0.3) is 0 Å². The van der Waals surface area contributed by atoms with Crippen LogP contribution >= 0.6 is 15.9 Å². The van der Waals surface area contributed by atoms with Gasteiger partial charge >= 0.3 is 0 Å². The molecule has 3 N–H and O–H groups in total. The maximum Gasteiger partial charge on any atom is 0.120 e. The Balaban J connectivity index is 1.80. The van der Waals surface area contributed by atoms with Gasteiger partial charge in [-0.05, 0) is 49.9 Å². The number of hydrogen-bond donors (Lipinski definition) is 3. The van der Waals surface area contributed by atoms with E-state index in [1.165, 1.54) is 0 Å². The van der Waals surface area contributed by atoms with Gasteiger partial charge in [-0.25, -0.2) is 0 Å². The van der Waals surface area contributed by atoms with Crippen molar-refractivity contribution in [1.29, 1.82) is 0 Å². The van der Waals surface area contributed by atoms with E-state index in [0.29, 0.717) is 18.2 Å². The van der Waals surface area contributed by atoms with Crippen molar-refractivity contribution in [3.8, 4) is 5.75 Å². The van der Waals surface area contributed by atoms with E-state index in [0.717, 1.165) is 35.8 Å². The molecule has 1 aliphatic rings. The van der Waals surface area contributed by atoms with Crippen LogP contribution in [0.2, 0.25) is 0 Å². The zero-order chi connectivity index (χ0) is 12.3. The Labute approximate surface area is 110 Å². The Bertz CT molecular complexity index is 384. The first-order valence-corrected chi connectivity index (χ1v) is 6.80. The van der Waals surface area contributed by atoms with Crippen LogP contribution in [0.5, 0.6) is 5.75 Å². The van der Waals surface area contributed by atoms with Crippen molar-refractivity contribution < 1.29 is 10.2 Å². The summed E-state index contributed by atoms with van der Waals surface area (Å²) in [6, 6.07) is 5.44. The van der Waals surface area contributed by atoms with E-state index in [1.807, 2.05) is 12.1 Å². The molecular weight excluding hydrogens is 282 g/mol. The molecule has 0 aromatic heterocycles. The van der Waals surface area contributed by atoms with Crippen LogP contribution in [0, 0.1) is 5.92 Å². The second kappa shape index (κ2) is 5.85. The summed E-state index contributed by atoms with van der Waals surface area (Å²) in [6.45, 7) is 1.57. The highest BCUT2D eigenvalue weighted by Gasteiger charge is 2.22. The van der Waals surface area contributed by atoms with E-state index < -0.39 is 0 Å². The smallest absolute Gasteiger partial charge is 0.120 e. The third kappa shape index (κ3) is 3.69. The second-order valence-electron chi connectivity index (χ2n) is 4.74. The first-order chi connectivity index (χ1) is 8.15.